The lowest BCUT2D eigenvalue weighted by molar-refractivity contribution is -0.148. The average Bonchev–Trinajstić information content (AvgIpc) is 3.29. The molecule has 0 bridgehead atoms. The Bertz CT molecular complexity index is 1070. The van der Waals surface area contributed by atoms with Crippen LogP contribution in [0.2, 0.25) is 0 Å². The quantitative estimate of drug-likeness (QED) is 0.306. The van der Waals surface area contributed by atoms with Crippen LogP contribution in [0.5, 0.6) is 0 Å². The van der Waals surface area contributed by atoms with Gasteiger partial charge in [-0.1, -0.05) is 30.7 Å². The van der Waals surface area contributed by atoms with Crippen LogP contribution < -0.4 is 5.32 Å². The molecule has 2 amide bonds. The molecule has 1 N–H and O–H groups in total. The highest BCUT2D eigenvalue weighted by atomic mass is 19.1. The first kappa shape index (κ1) is 30.1. The molecule has 2 aromatic carbocycles. The van der Waals surface area contributed by atoms with Crippen molar-refractivity contribution in [1.82, 2.24) is 10.2 Å². The molecule has 0 radical (unpaired) electrons. The van der Waals surface area contributed by atoms with Gasteiger partial charge in [0.2, 0.25) is 5.91 Å². The Morgan fingerprint density at radius 2 is 1.54 bits per heavy atom. The molecule has 0 spiro atoms. The van der Waals surface area contributed by atoms with Gasteiger partial charge in [0.05, 0.1) is 6.61 Å². The number of hydrogen-bond donors (Lipinski definition) is 1. The van der Waals surface area contributed by atoms with Crippen LogP contribution in [0.1, 0.15) is 76.8 Å². The topological polar surface area (TPSA) is 84.9 Å². The normalized spacial score (nSPS) is 17.3. The predicted octanol–water partition coefficient (Wildman–Crippen LogP) is 5.71. The van der Waals surface area contributed by atoms with Gasteiger partial charge in [-0.25, -0.2) is 18.4 Å². The molecule has 0 aliphatic carbocycles. The van der Waals surface area contributed by atoms with Crippen molar-refractivity contribution >= 4 is 18.0 Å². The van der Waals surface area contributed by atoms with Gasteiger partial charge in [-0.3, -0.25) is 9.69 Å². The molecule has 1 aliphatic rings. The first-order chi connectivity index (χ1) is 18.5. The summed E-state index contributed by atoms with van der Waals surface area (Å²) in [7, 11) is 0. The molecule has 9 heteroatoms. The van der Waals surface area contributed by atoms with Crippen molar-refractivity contribution in [3.05, 3.63) is 71.3 Å². The van der Waals surface area contributed by atoms with E-state index in [0.29, 0.717) is 19.3 Å². The largest absolute Gasteiger partial charge is 0.464 e. The standard InChI is InChI=1S/C30H38F2N2O5/c1-5-38-28(36)26-18-24(19-34(26)29(37)39-30(2,3)4)33-27(35)9-7-6-8-25(20-10-14-22(31)15-11-20)21-12-16-23(32)17-13-21/h10-17,24-26H,5-9,18-19H2,1-4H3,(H,33,35)/t24?,26-/m0/s1. The summed E-state index contributed by atoms with van der Waals surface area (Å²) in [5, 5.41) is 2.94. The number of carbonyl (C=O) groups is 3. The number of likely N-dealkylation sites (tertiary alicyclic amines) is 1. The van der Waals surface area contributed by atoms with Crippen LogP contribution in [0.3, 0.4) is 0 Å². The van der Waals surface area contributed by atoms with E-state index in [0.717, 1.165) is 11.1 Å². The fourth-order valence-electron chi connectivity index (χ4n) is 4.77. The third-order valence-corrected chi connectivity index (χ3v) is 6.54. The van der Waals surface area contributed by atoms with Crippen molar-refractivity contribution in [2.24, 2.45) is 0 Å². The third kappa shape index (κ3) is 9.04. The Balaban J connectivity index is 1.55. The maximum absolute atomic E-state index is 13.5. The molecule has 1 unspecified atom stereocenters. The minimum Gasteiger partial charge on any atom is -0.464 e. The highest BCUT2D eigenvalue weighted by Gasteiger charge is 2.42. The molecule has 39 heavy (non-hydrogen) atoms. The van der Waals surface area contributed by atoms with E-state index in [4.69, 9.17) is 9.47 Å². The van der Waals surface area contributed by atoms with Crippen molar-refractivity contribution in [1.29, 1.82) is 0 Å². The molecular formula is C30H38F2N2O5. The minimum absolute atomic E-state index is 0.0585. The van der Waals surface area contributed by atoms with E-state index in [1.54, 1.807) is 52.0 Å². The number of carbonyl (C=O) groups excluding carboxylic acids is 3. The zero-order valence-corrected chi connectivity index (χ0v) is 23.0. The van der Waals surface area contributed by atoms with Crippen LogP contribution in [-0.4, -0.2) is 53.7 Å². The molecule has 7 nitrogen and oxygen atoms in total. The number of ether oxygens (including phenoxy) is 2. The fraction of sp³-hybridized carbons (Fsp3) is 0.500. The summed E-state index contributed by atoms with van der Waals surface area (Å²) in [5.74, 6) is -1.40. The molecule has 2 atom stereocenters. The number of nitrogens with one attached hydrogen (secondary N) is 1. The van der Waals surface area contributed by atoms with E-state index in [1.165, 1.54) is 29.2 Å². The number of amides is 2. The summed E-state index contributed by atoms with van der Waals surface area (Å²) in [6.45, 7) is 7.27. The van der Waals surface area contributed by atoms with Gasteiger partial charge in [0, 0.05) is 31.3 Å². The number of unbranched alkanes of at least 4 members (excludes halogenated alkanes) is 1. The lowest BCUT2D eigenvalue weighted by atomic mass is 9.87. The number of benzene rings is 2. The Morgan fingerprint density at radius 1 is 0.974 bits per heavy atom. The molecule has 2 aromatic rings. The molecule has 1 aliphatic heterocycles. The van der Waals surface area contributed by atoms with Gasteiger partial charge >= 0.3 is 12.1 Å². The summed E-state index contributed by atoms with van der Waals surface area (Å²) in [6, 6.07) is 11.3. The minimum atomic E-state index is -0.822. The van der Waals surface area contributed by atoms with E-state index in [2.05, 4.69) is 5.32 Å². The lowest BCUT2D eigenvalue weighted by Crippen LogP contribution is -2.44. The van der Waals surface area contributed by atoms with E-state index in [-0.39, 0.29) is 49.5 Å². The SMILES string of the molecule is CCOC(=O)[C@@H]1CC(NC(=O)CCCCC(c2ccc(F)cc2)c2ccc(F)cc2)CN1C(=O)OC(C)(C)C. The number of hydrogen-bond acceptors (Lipinski definition) is 5. The molecular weight excluding hydrogens is 506 g/mol. The molecule has 3 rings (SSSR count). The van der Waals surface area contributed by atoms with Gasteiger partial charge in [-0.05, 0) is 75.9 Å². The van der Waals surface area contributed by atoms with Crippen LogP contribution in [0, 0.1) is 11.6 Å². The average molecular weight is 545 g/mol. The zero-order valence-electron chi connectivity index (χ0n) is 23.0. The van der Waals surface area contributed by atoms with Gasteiger partial charge in [-0.15, -0.1) is 0 Å². The Hall–Kier alpha value is -3.49. The van der Waals surface area contributed by atoms with Gasteiger partial charge in [-0.2, -0.15) is 0 Å². The van der Waals surface area contributed by atoms with Gasteiger partial charge in [0.15, 0.2) is 0 Å². The lowest BCUT2D eigenvalue weighted by Gasteiger charge is -2.27. The highest BCUT2D eigenvalue weighted by Crippen LogP contribution is 2.30. The smallest absolute Gasteiger partial charge is 0.411 e. The second kappa shape index (κ2) is 13.5. The molecule has 1 heterocycles. The van der Waals surface area contributed by atoms with Crippen molar-refractivity contribution in [2.45, 2.75) is 83.4 Å². The highest BCUT2D eigenvalue weighted by molar-refractivity contribution is 5.83. The number of halogens is 2. The first-order valence-corrected chi connectivity index (χ1v) is 13.4. The summed E-state index contributed by atoms with van der Waals surface area (Å²) in [4.78, 5) is 39.2. The van der Waals surface area contributed by atoms with Crippen LogP contribution in [0.25, 0.3) is 0 Å². The van der Waals surface area contributed by atoms with Crippen LogP contribution in [0.4, 0.5) is 13.6 Å². The summed E-state index contributed by atoms with van der Waals surface area (Å²) in [6.07, 6.45) is 1.92. The Kier molecular flexibility index (Phi) is 10.4. The van der Waals surface area contributed by atoms with Crippen LogP contribution >= 0.6 is 0 Å². The predicted molar refractivity (Wildman–Crippen MR) is 143 cm³/mol. The van der Waals surface area contributed by atoms with E-state index < -0.39 is 29.7 Å². The maximum atomic E-state index is 13.5. The van der Waals surface area contributed by atoms with Crippen LogP contribution in [-0.2, 0) is 19.1 Å². The van der Waals surface area contributed by atoms with Crippen molar-refractivity contribution in [3.8, 4) is 0 Å². The van der Waals surface area contributed by atoms with Gasteiger partial charge in [0.25, 0.3) is 0 Å². The van der Waals surface area contributed by atoms with Gasteiger partial charge in [0.1, 0.15) is 23.3 Å². The number of rotatable bonds is 10. The second-order valence-corrected chi connectivity index (χ2v) is 10.8. The Morgan fingerprint density at radius 3 is 2.05 bits per heavy atom. The third-order valence-electron chi connectivity index (χ3n) is 6.54. The number of esters is 1. The van der Waals surface area contributed by atoms with Crippen molar-refractivity contribution in [2.75, 3.05) is 13.2 Å². The number of nitrogens with zero attached hydrogens (tertiary/aromatic N) is 1. The molecule has 0 saturated carbocycles. The molecule has 1 saturated heterocycles. The van der Waals surface area contributed by atoms with Crippen molar-refractivity contribution < 1.29 is 32.6 Å². The molecule has 1 fully saturated rings. The summed E-state index contributed by atoms with van der Waals surface area (Å²) >= 11 is 0. The van der Waals surface area contributed by atoms with E-state index in [9.17, 15) is 23.2 Å². The summed E-state index contributed by atoms with van der Waals surface area (Å²) in [5.41, 5.74) is 1.12. The van der Waals surface area contributed by atoms with Crippen molar-refractivity contribution in [3.63, 3.8) is 0 Å². The van der Waals surface area contributed by atoms with Gasteiger partial charge < -0.3 is 14.8 Å². The first-order valence-electron chi connectivity index (χ1n) is 13.4. The monoisotopic (exact) mass is 544 g/mol. The summed E-state index contributed by atoms with van der Waals surface area (Å²) < 4.78 is 37.5. The van der Waals surface area contributed by atoms with E-state index in [1.807, 2.05) is 0 Å². The van der Waals surface area contributed by atoms with E-state index >= 15 is 0 Å². The maximum Gasteiger partial charge on any atom is 0.411 e. The molecule has 0 aromatic heterocycles. The second-order valence-electron chi connectivity index (χ2n) is 10.8. The fourth-order valence-corrected chi connectivity index (χ4v) is 4.77. The van der Waals surface area contributed by atoms with Crippen LogP contribution in [0.15, 0.2) is 48.5 Å². The zero-order chi connectivity index (χ0) is 28.6. The molecule has 212 valence electrons. The Labute approximate surface area is 228 Å².